The van der Waals surface area contributed by atoms with Gasteiger partial charge in [-0.2, -0.15) is 0 Å². The fourth-order valence-corrected chi connectivity index (χ4v) is 2.45. The van der Waals surface area contributed by atoms with Gasteiger partial charge in [0.05, 0.1) is 6.04 Å². The molecule has 1 heterocycles. The van der Waals surface area contributed by atoms with E-state index in [9.17, 15) is 0 Å². The van der Waals surface area contributed by atoms with Crippen molar-refractivity contribution in [3.63, 3.8) is 0 Å². The van der Waals surface area contributed by atoms with Gasteiger partial charge in [-0.15, -0.1) is 11.3 Å². The fourth-order valence-electron chi connectivity index (χ4n) is 1.48. The number of thiophene rings is 1. The van der Waals surface area contributed by atoms with Gasteiger partial charge in [0.25, 0.3) is 0 Å². The van der Waals surface area contributed by atoms with Crippen molar-refractivity contribution >= 4 is 11.3 Å². The molecule has 0 radical (unpaired) electrons. The van der Waals surface area contributed by atoms with E-state index < -0.39 is 0 Å². The van der Waals surface area contributed by atoms with Crippen LogP contribution < -0.4 is 11.3 Å². The molecular weight excluding hydrogens is 208 g/mol. The number of hydrogen-bond acceptors (Lipinski definition) is 4. The van der Waals surface area contributed by atoms with Crippen LogP contribution in [0, 0.1) is 6.92 Å². The van der Waals surface area contributed by atoms with Gasteiger partial charge in [0, 0.05) is 23.0 Å². The third-order valence-electron chi connectivity index (χ3n) is 2.29. The normalized spacial score (nSPS) is 13.0. The first-order valence-electron chi connectivity index (χ1n) is 5.38. The van der Waals surface area contributed by atoms with E-state index in [0.29, 0.717) is 0 Å². The van der Waals surface area contributed by atoms with Gasteiger partial charge in [-0.1, -0.05) is 0 Å². The molecule has 1 unspecified atom stereocenters. The van der Waals surface area contributed by atoms with Crippen LogP contribution in [0.5, 0.6) is 0 Å². The zero-order valence-electron chi connectivity index (χ0n) is 9.45. The molecule has 0 aromatic carbocycles. The SMILES string of the molecule is CCOCCCC(NN)c1ccc(C)s1. The lowest BCUT2D eigenvalue weighted by atomic mass is 10.1. The topological polar surface area (TPSA) is 47.3 Å². The molecule has 1 aromatic rings. The number of ether oxygens (including phenoxy) is 1. The molecule has 1 atom stereocenters. The molecule has 0 aliphatic carbocycles. The van der Waals surface area contributed by atoms with Gasteiger partial charge in [0.2, 0.25) is 0 Å². The lowest BCUT2D eigenvalue weighted by molar-refractivity contribution is 0.141. The van der Waals surface area contributed by atoms with E-state index in [1.807, 2.05) is 6.92 Å². The van der Waals surface area contributed by atoms with Crippen LogP contribution in [0.2, 0.25) is 0 Å². The lowest BCUT2D eigenvalue weighted by Gasteiger charge is -2.13. The maximum Gasteiger partial charge on any atom is 0.0554 e. The van der Waals surface area contributed by atoms with Crippen LogP contribution in [-0.4, -0.2) is 13.2 Å². The summed E-state index contributed by atoms with van der Waals surface area (Å²) in [6.45, 7) is 5.74. The minimum absolute atomic E-state index is 0.268. The highest BCUT2D eigenvalue weighted by molar-refractivity contribution is 7.12. The molecule has 0 saturated heterocycles. The zero-order chi connectivity index (χ0) is 11.1. The second-order valence-corrected chi connectivity index (χ2v) is 4.83. The molecule has 0 fully saturated rings. The summed E-state index contributed by atoms with van der Waals surface area (Å²) in [7, 11) is 0. The van der Waals surface area contributed by atoms with Gasteiger partial charge in [-0.05, 0) is 38.8 Å². The number of hydrogen-bond donors (Lipinski definition) is 2. The molecule has 0 bridgehead atoms. The Morgan fingerprint density at radius 2 is 2.33 bits per heavy atom. The molecule has 4 heteroatoms. The van der Waals surface area contributed by atoms with Gasteiger partial charge in [-0.25, -0.2) is 0 Å². The largest absolute Gasteiger partial charge is 0.382 e. The molecule has 3 N–H and O–H groups in total. The molecular formula is C11H20N2OS. The van der Waals surface area contributed by atoms with Crippen molar-refractivity contribution in [3.05, 3.63) is 21.9 Å². The third kappa shape index (κ3) is 4.30. The standard InChI is InChI=1S/C11H20N2OS/c1-3-14-8-4-5-10(13-12)11-7-6-9(2)15-11/h6-7,10,13H,3-5,8,12H2,1-2H3. The second-order valence-electron chi connectivity index (χ2n) is 3.51. The highest BCUT2D eigenvalue weighted by Crippen LogP contribution is 2.25. The lowest BCUT2D eigenvalue weighted by Crippen LogP contribution is -2.27. The van der Waals surface area contributed by atoms with Crippen LogP contribution >= 0.6 is 11.3 Å². The Bertz CT molecular complexity index is 275. The van der Waals surface area contributed by atoms with Gasteiger partial charge >= 0.3 is 0 Å². The molecule has 0 aliphatic rings. The van der Waals surface area contributed by atoms with E-state index in [2.05, 4.69) is 24.5 Å². The Hall–Kier alpha value is -0.420. The van der Waals surface area contributed by atoms with Gasteiger partial charge in [0.15, 0.2) is 0 Å². The third-order valence-corrected chi connectivity index (χ3v) is 3.41. The quantitative estimate of drug-likeness (QED) is 0.428. The molecule has 15 heavy (non-hydrogen) atoms. The zero-order valence-corrected chi connectivity index (χ0v) is 10.3. The summed E-state index contributed by atoms with van der Waals surface area (Å²) < 4.78 is 5.30. The minimum atomic E-state index is 0.268. The van der Waals surface area contributed by atoms with Crippen LogP contribution in [0.15, 0.2) is 12.1 Å². The highest BCUT2D eigenvalue weighted by Gasteiger charge is 2.10. The summed E-state index contributed by atoms with van der Waals surface area (Å²) in [5, 5.41) is 0. The summed E-state index contributed by atoms with van der Waals surface area (Å²) in [5.41, 5.74) is 2.86. The van der Waals surface area contributed by atoms with Crippen molar-refractivity contribution in [2.45, 2.75) is 32.7 Å². The van der Waals surface area contributed by atoms with Crippen molar-refractivity contribution < 1.29 is 4.74 Å². The summed E-state index contributed by atoms with van der Waals surface area (Å²) in [4.78, 5) is 2.64. The highest BCUT2D eigenvalue weighted by atomic mass is 32.1. The number of nitrogens with two attached hydrogens (primary N) is 1. The van der Waals surface area contributed by atoms with Crippen molar-refractivity contribution in [2.24, 2.45) is 5.84 Å². The molecule has 0 aliphatic heterocycles. The van der Waals surface area contributed by atoms with E-state index >= 15 is 0 Å². The van der Waals surface area contributed by atoms with E-state index in [1.165, 1.54) is 9.75 Å². The summed E-state index contributed by atoms with van der Waals surface area (Å²) in [6.07, 6.45) is 2.07. The van der Waals surface area contributed by atoms with Crippen molar-refractivity contribution in [2.75, 3.05) is 13.2 Å². The number of hydrazine groups is 1. The Morgan fingerprint density at radius 1 is 1.53 bits per heavy atom. The summed E-state index contributed by atoms with van der Waals surface area (Å²) >= 11 is 1.80. The molecule has 0 amide bonds. The Labute approximate surface area is 95.6 Å². The Morgan fingerprint density at radius 3 is 2.87 bits per heavy atom. The van der Waals surface area contributed by atoms with E-state index in [4.69, 9.17) is 10.6 Å². The van der Waals surface area contributed by atoms with Crippen molar-refractivity contribution in [3.8, 4) is 0 Å². The summed E-state index contributed by atoms with van der Waals surface area (Å²) in [5.74, 6) is 5.54. The predicted molar refractivity (Wildman–Crippen MR) is 64.8 cm³/mol. The minimum Gasteiger partial charge on any atom is -0.382 e. The maximum atomic E-state index is 5.54. The van der Waals surface area contributed by atoms with Gasteiger partial charge in [-0.3, -0.25) is 11.3 Å². The van der Waals surface area contributed by atoms with Crippen LogP contribution in [0.1, 0.15) is 35.6 Å². The first-order valence-corrected chi connectivity index (χ1v) is 6.19. The monoisotopic (exact) mass is 228 g/mol. The van der Waals surface area contributed by atoms with Gasteiger partial charge in [0.1, 0.15) is 0 Å². The van der Waals surface area contributed by atoms with Crippen LogP contribution in [0.3, 0.4) is 0 Å². The first-order chi connectivity index (χ1) is 7.27. The number of rotatable bonds is 7. The van der Waals surface area contributed by atoms with Gasteiger partial charge < -0.3 is 4.74 Å². The fraction of sp³-hybridized carbons (Fsp3) is 0.636. The van der Waals surface area contributed by atoms with Crippen LogP contribution in [0.4, 0.5) is 0 Å². The van der Waals surface area contributed by atoms with Crippen molar-refractivity contribution in [1.29, 1.82) is 0 Å². The van der Waals surface area contributed by atoms with E-state index in [1.54, 1.807) is 11.3 Å². The smallest absolute Gasteiger partial charge is 0.0554 e. The van der Waals surface area contributed by atoms with E-state index in [0.717, 1.165) is 26.1 Å². The van der Waals surface area contributed by atoms with Crippen LogP contribution in [0.25, 0.3) is 0 Å². The predicted octanol–water partition coefficient (Wildman–Crippen LogP) is 2.38. The molecule has 0 saturated carbocycles. The Kier molecular flexibility index (Phi) is 5.86. The molecule has 86 valence electrons. The number of nitrogens with one attached hydrogen (secondary N) is 1. The molecule has 1 aromatic heterocycles. The average Bonchev–Trinajstić information content (AvgIpc) is 2.65. The average molecular weight is 228 g/mol. The van der Waals surface area contributed by atoms with Crippen molar-refractivity contribution in [1.82, 2.24) is 5.43 Å². The molecule has 0 spiro atoms. The maximum absolute atomic E-state index is 5.54. The molecule has 3 nitrogen and oxygen atoms in total. The number of aryl methyl sites for hydroxylation is 1. The Balaban J connectivity index is 2.35. The van der Waals surface area contributed by atoms with E-state index in [-0.39, 0.29) is 6.04 Å². The van der Waals surface area contributed by atoms with Crippen LogP contribution in [-0.2, 0) is 4.74 Å². The first kappa shape index (κ1) is 12.6. The second kappa shape index (κ2) is 6.95. The molecule has 1 rings (SSSR count). The summed E-state index contributed by atoms with van der Waals surface area (Å²) in [6, 6.07) is 4.54.